The third-order valence-electron chi connectivity index (χ3n) is 3.51. The summed E-state index contributed by atoms with van der Waals surface area (Å²) in [5, 5.41) is 3.75. The minimum absolute atomic E-state index is 0.143. The molecule has 0 radical (unpaired) electrons. The van der Waals surface area contributed by atoms with E-state index < -0.39 is 5.97 Å². The summed E-state index contributed by atoms with van der Waals surface area (Å²) in [4.78, 5) is 17.2. The van der Waals surface area contributed by atoms with Crippen LogP contribution in [0.1, 0.15) is 30.4 Å². The largest absolute Gasteiger partial charge is 0.497 e. The van der Waals surface area contributed by atoms with Gasteiger partial charge in [0.2, 0.25) is 0 Å². The smallest absolute Gasteiger partial charge is 0.342 e. The van der Waals surface area contributed by atoms with Gasteiger partial charge in [-0.1, -0.05) is 42.4 Å². The number of benzene rings is 2. The molecule has 23 heavy (non-hydrogen) atoms. The van der Waals surface area contributed by atoms with Gasteiger partial charge in [0, 0.05) is 5.56 Å². The zero-order valence-electron chi connectivity index (χ0n) is 13.2. The Labute approximate surface area is 135 Å². The second-order valence-electron chi connectivity index (χ2n) is 4.99. The number of hydrogen-bond acceptors (Lipinski definition) is 4. The Hall–Kier alpha value is -2.82. The van der Waals surface area contributed by atoms with Gasteiger partial charge in [0.25, 0.3) is 0 Å². The van der Waals surface area contributed by atoms with E-state index in [0.717, 1.165) is 5.56 Å². The van der Waals surface area contributed by atoms with Gasteiger partial charge >= 0.3 is 5.97 Å². The number of ether oxygens (including phenoxy) is 1. The van der Waals surface area contributed by atoms with E-state index in [1.165, 1.54) is 0 Å². The van der Waals surface area contributed by atoms with Crippen LogP contribution in [0.3, 0.4) is 0 Å². The number of hydrogen-bond donors (Lipinski definition) is 1. The van der Waals surface area contributed by atoms with Crippen LogP contribution in [0.25, 0.3) is 0 Å². The van der Waals surface area contributed by atoms with Gasteiger partial charge in [-0.15, -0.1) is 0 Å². The highest BCUT2D eigenvalue weighted by molar-refractivity contribution is 5.97. The third-order valence-corrected chi connectivity index (χ3v) is 3.51. The maximum atomic E-state index is 12.2. The average molecular weight is 312 g/mol. The van der Waals surface area contributed by atoms with Crippen molar-refractivity contribution in [2.45, 2.75) is 19.3 Å². The van der Waals surface area contributed by atoms with Crippen LogP contribution in [-0.2, 0) is 9.63 Å². The summed E-state index contributed by atoms with van der Waals surface area (Å²) in [5.41, 5.74) is 7.41. The molecule has 0 spiro atoms. The van der Waals surface area contributed by atoms with Crippen molar-refractivity contribution >= 4 is 11.8 Å². The highest BCUT2D eigenvalue weighted by atomic mass is 16.7. The maximum Gasteiger partial charge on any atom is 0.342 e. The van der Waals surface area contributed by atoms with Gasteiger partial charge in [0.05, 0.1) is 13.0 Å². The van der Waals surface area contributed by atoms with E-state index in [9.17, 15) is 4.79 Å². The Morgan fingerprint density at radius 2 is 1.78 bits per heavy atom. The van der Waals surface area contributed by atoms with Gasteiger partial charge in [0.15, 0.2) is 5.84 Å². The lowest BCUT2D eigenvalue weighted by molar-refractivity contribution is -0.145. The molecule has 0 heterocycles. The van der Waals surface area contributed by atoms with Crippen molar-refractivity contribution in [2.75, 3.05) is 7.11 Å². The van der Waals surface area contributed by atoms with Gasteiger partial charge in [-0.05, 0) is 36.2 Å². The quantitative estimate of drug-likeness (QED) is 0.385. The summed E-state index contributed by atoms with van der Waals surface area (Å²) in [6.07, 6.45) is 0.626. The van der Waals surface area contributed by atoms with Crippen molar-refractivity contribution in [3.05, 3.63) is 65.7 Å². The molecule has 0 amide bonds. The Bertz CT molecular complexity index is 666. The lowest BCUT2D eigenvalue weighted by Crippen LogP contribution is -2.18. The van der Waals surface area contributed by atoms with Gasteiger partial charge in [0.1, 0.15) is 5.75 Å². The zero-order valence-corrected chi connectivity index (χ0v) is 13.2. The molecule has 2 N–H and O–H groups in total. The molecular weight excluding hydrogens is 292 g/mol. The molecular formula is C18H20N2O3. The van der Waals surface area contributed by atoms with Gasteiger partial charge in [-0.2, -0.15) is 0 Å². The zero-order chi connectivity index (χ0) is 16.7. The fraction of sp³-hybridized carbons (Fsp3) is 0.222. The average Bonchev–Trinajstić information content (AvgIpc) is 2.61. The fourth-order valence-corrected chi connectivity index (χ4v) is 2.20. The molecule has 2 aromatic carbocycles. The number of amidine groups is 1. The van der Waals surface area contributed by atoms with Crippen molar-refractivity contribution in [1.29, 1.82) is 0 Å². The van der Waals surface area contributed by atoms with Crippen LogP contribution in [0.15, 0.2) is 59.8 Å². The molecule has 0 aliphatic rings. The lowest BCUT2D eigenvalue weighted by Gasteiger charge is -2.11. The molecule has 0 saturated heterocycles. The first-order chi connectivity index (χ1) is 11.2. The molecule has 5 nitrogen and oxygen atoms in total. The SMILES string of the molecule is CC[C@@H](C(=O)O/N=C(/N)c1ccc(OC)cc1)c1ccccc1. The first-order valence-corrected chi connectivity index (χ1v) is 7.39. The van der Waals surface area contributed by atoms with Crippen molar-refractivity contribution in [3.63, 3.8) is 0 Å². The van der Waals surface area contributed by atoms with Crippen molar-refractivity contribution < 1.29 is 14.4 Å². The summed E-state index contributed by atoms with van der Waals surface area (Å²) in [6, 6.07) is 16.5. The van der Waals surface area contributed by atoms with Crippen molar-refractivity contribution in [1.82, 2.24) is 0 Å². The number of nitrogens with zero attached hydrogens (tertiary/aromatic N) is 1. The summed E-state index contributed by atoms with van der Waals surface area (Å²) in [5.74, 6) is 0.0800. The van der Waals surface area contributed by atoms with E-state index in [0.29, 0.717) is 17.7 Å². The normalized spacial score (nSPS) is 12.5. The first-order valence-electron chi connectivity index (χ1n) is 7.39. The predicted molar refractivity (Wildman–Crippen MR) is 89.3 cm³/mol. The van der Waals surface area contributed by atoms with Crippen LogP contribution >= 0.6 is 0 Å². The van der Waals surface area contributed by atoms with Crippen molar-refractivity contribution in [3.8, 4) is 5.75 Å². The maximum absolute atomic E-state index is 12.2. The summed E-state index contributed by atoms with van der Waals surface area (Å²) >= 11 is 0. The predicted octanol–water partition coefficient (Wildman–Crippen LogP) is 3.05. The number of methoxy groups -OCH3 is 1. The number of nitrogens with two attached hydrogens (primary N) is 1. The van der Waals surface area contributed by atoms with Crippen LogP contribution in [0, 0.1) is 0 Å². The van der Waals surface area contributed by atoms with Gasteiger partial charge < -0.3 is 15.3 Å². The molecule has 0 aromatic heterocycles. The van der Waals surface area contributed by atoms with E-state index in [-0.39, 0.29) is 11.8 Å². The topological polar surface area (TPSA) is 73.9 Å². The number of carbonyl (C=O) groups is 1. The molecule has 1 atom stereocenters. The van der Waals surface area contributed by atoms with Crippen LogP contribution < -0.4 is 10.5 Å². The highest BCUT2D eigenvalue weighted by Crippen LogP contribution is 2.21. The molecule has 0 aliphatic heterocycles. The van der Waals surface area contributed by atoms with E-state index in [1.807, 2.05) is 37.3 Å². The minimum Gasteiger partial charge on any atom is -0.497 e. The van der Waals surface area contributed by atoms with E-state index in [4.69, 9.17) is 15.3 Å². The Balaban J connectivity index is 2.06. The Morgan fingerprint density at radius 3 is 2.35 bits per heavy atom. The standard InChI is InChI=1S/C18H20N2O3/c1-3-16(13-7-5-4-6-8-13)18(21)23-20-17(19)14-9-11-15(22-2)12-10-14/h4-12,16H,3H2,1-2H3,(H2,19,20)/t16-/m1/s1. The first kappa shape index (κ1) is 16.5. The number of oxime groups is 1. The molecule has 120 valence electrons. The Kier molecular flexibility index (Phi) is 5.74. The van der Waals surface area contributed by atoms with Gasteiger partial charge in [-0.25, -0.2) is 4.79 Å². The number of carbonyl (C=O) groups excluding carboxylic acids is 1. The third kappa shape index (κ3) is 4.32. The second kappa shape index (κ2) is 7.98. The molecule has 0 bridgehead atoms. The molecule has 0 unspecified atom stereocenters. The van der Waals surface area contributed by atoms with Crippen molar-refractivity contribution in [2.24, 2.45) is 10.9 Å². The monoisotopic (exact) mass is 312 g/mol. The molecule has 5 heteroatoms. The molecule has 0 fully saturated rings. The van der Waals surface area contributed by atoms with Crippen LogP contribution in [0.5, 0.6) is 5.75 Å². The van der Waals surface area contributed by atoms with Crippen LogP contribution in [0.4, 0.5) is 0 Å². The lowest BCUT2D eigenvalue weighted by atomic mass is 9.97. The van der Waals surface area contributed by atoms with E-state index >= 15 is 0 Å². The van der Waals surface area contributed by atoms with Crippen LogP contribution in [0.2, 0.25) is 0 Å². The summed E-state index contributed by atoms with van der Waals surface area (Å²) < 4.78 is 5.08. The molecule has 2 aromatic rings. The molecule has 2 rings (SSSR count). The molecule has 0 saturated carbocycles. The van der Waals surface area contributed by atoms with Gasteiger partial charge in [-0.3, -0.25) is 0 Å². The van der Waals surface area contributed by atoms with E-state index in [2.05, 4.69) is 5.16 Å². The van der Waals surface area contributed by atoms with E-state index in [1.54, 1.807) is 31.4 Å². The minimum atomic E-state index is -0.421. The summed E-state index contributed by atoms with van der Waals surface area (Å²) in [6.45, 7) is 1.93. The molecule has 0 aliphatic carbocycles. The Morgan fingerprint density at radius 1 is 1.13 bits per heavy atom. The van der Waals surface area contributed by atoms with Crippen LogP contribution in [-0.4, -0.2) is 18.9 Å². The summed E-state index contributed by atoms with van der Waals surface area (Å²) in [7, 11) is 1.59. The number of rotatable bonds is 6. The second-order valence-corrected chi connectivity index (χ2v) is 4.99. The highest BCUT2D eigenvalue weighted by Gasteiger charge is 2.20. The fourth-order valence-electron chi connectivity index (χ4n) is 2.20.